The molecule has 2 saturated heterocycles. The van der Waals surface area contributed by atoms with E-state index in [1.165, 1.54) is 0 Å². The third-order valence-corrected chi connectivity index (χ3v) is 8.61. The molecule has 2 aliphatic heterocycles. The lowest BCUT2D eigenvalue weighted by molar-refractivity contribution is -0.126. The Morgan fingerprint density at radius 1 is 1.32 bits per heavy atom. The summed E-state index contributed by atoms with van der Waals surface area (Å²) in [6, 6.07) is 5.84. The average molecular weight is 526 g/mol. The molecule has 3 atom stereocenters. The van der Waals surface area contributed by atoms with Crippen molar-refractivity contribution in [1.82, 2.24) is 20.5 Å². The molecule has 3 heterocycles. The molecule has 1 aliphatic carbocycles. The van der Waals surface area contributed by atoms with Gasteiger partial charge in [-0.3, -0.25) is 14.4 Å². The van der Waals surface area contributed by atoms with Crippen molar-refractivity contribution in [2.75, 3.05) is 20.2 Å². The maximum Gasteiger partial charge on any atom is 0.271 e. The fourth-order valence-corrected chi connectivity index (χ4v) is 6.55. The second-order valence-corrected chi connectivity index (χ2v) is 11.0. The minimum atomic E-state index is -0.794. The number of carbonyl (C=O) groups excluding carboxylic acids is 3. The van der Waals surface area contributed by atoms with Crippen molar-refractivity contribution >= 4 is 40.2 Å². The summed E-state index contributed by atoms with van der Waals surface area (Å²) in [7, 11) is 1.56. The average Bonchev–Trinajstić information content (AvgIpc) is 3.62. The van der Waals surface area contributed by atoms with Gasteiger partial charge in [0.2, 0.25) is 11.8 Å². The molecule has 10 heteroatoms. The van der Waals surface area contributed by atoms with Crippen LogP contribution in [0.5, 0.6) is 5.75 Å². The molecule has 0 bridgehead atoms. The molecule has 3 unspecified atom stereocenters. The predicted molar refractivity (Wildman–Crippen MR) is 138 cm³/mol. The van der Waals surface area contributed by atoms with Gasteiger partial charge in [0, 0.05) is 24.4 Å². The minimum Gasteiger partial charge on any atom is -0.496 e. The van der Waals surface area contributed by atoms with Crippen molar-refractivity contribution < 1.29 is 19.1 Å². The van der Waals surface area contributed by atoms with E-state index in [4.69, 9.17) is 16.3 Å². The summed E-state index contributed by atoms with van der Waals surface area (Å²) in [5.41, 5.74) is 0.841. The molecule has 9 nitrogen and oxygen atoms in total. The summed E-state index contributed by atoms with van der Waals surface area (Å²) in [6.07, 6.45) is 6.73. The Morgan fingerprint density at radius 3 is 2.78 bits per heavy atom. The van der Waals surface area contributed by atoms with Crippen LogP contribution in [0, 0.1) is 22.7 Å². The number of nitriles is 1. The van der Waals surface area contributed by atoms with E-state index in [0.29, 0.717) is 53.3 Å². The van der Waals surface area contributed by atoms with Crippen LogP contribution >= 0.6 is 11.6 Å². The number of aromatic nitrogens is 1. The molecule has 3 aliphatic rings. The van der Waals surface area contributed by atoms with E-state index in [1.54, 1.807) is 30.2 Å². The molecule has 1 aromatic carbocycles. The lowest BCUT2D eigenvalue weighted by Gasteiger charge is -2.32. The van der Waals surface area contributed by atoms with E-state index in [-0.39, 0.29) is 35.5 Å². The zero-order valence-corrected chi connectivity index (χ0v) is 21.7. The van der Waals surface area contributed by atoms with Gasteiger partial charge in [-0.25, -0.2) is 0 Å². The van der Waals surface area contributed by atoms with E-state index in [0.717, 1.165) is 32.1 Å². The molecule has 196 valence electrons. The summed E-state index contributed by atoms with van der Waals surface area (Å²) in [5.74, 6) is -0.390. The lowest BCUT2D eigenvalue weighted by atomic mass is 9.72. The summed E-state index contributed by atoms with van der Waals surface area (Å²) >= 11 is 6.38. The highest BCUT2D eigenvalue weighted by Crippen LogP contribution is 2.47. The van der Waals surface area contributed by atoms with Crippen molar-refractivity contribution in [2.45, 2.75) is 63.5 Å². The van der Waals surface area contributed by atoms with Crippen molar-refractivity contribution in [3.8, 4) is 11.8 Å². The quantitative estimate of drug-likeness (QED) is 0.531. The number of hydrogen-bond donors (Lipinski definition) is 3. The number of fused-ring (bicyclic) bond motifs is 1. The molecule has 1 spiro atoms. The summed E-state index contributed by atoms with van der Waals surface area (Å²) in [6.45, 7) is 1.08. The first kappa shape index (κ1) is 25.4. The van der Waals surface area contributed by atoms with Crippen LogP contribution in [0.1, 0.15) is 61.9 Å². The van der Waals surface area contributed by atoms with Crippen LogP contribution in [-0.2, 0) is 9.59 Å². The van der Waals surface area contributed by atoms with Crippen molar-refractivity contribution in [2.24, 2.45) is 11.3 Å². The van der Waals surface area contributed by atoms with Crippen LogP contribution in [0.4, 0.5) is 0 Å². The van der Waals surface area contributed by atoms with Crippen LogP contribution in [0.2, 0.25) is 5.02 Å². The minimum absolute atomic E-state index is 0.0822. The number of likely N-dealkylation sites (tertiary alicyclic amines) is 1. The molecule has 5 rings (SSSR count). The number of amides is 3. The van der Waals surface area contributed by atoms with Gasteiger partial charge in [0.05, 0.1) is 23.7 Å². The Morgan fingerprint density at radius 2 is 2.11 bits per heavy atom. The van der Waals surface area contributed by atoms with Crippen molar-refractivity contribution in [1.29, 1.82) is 5.26 Å². The maximum absolute atomic E-state index is 13.9. The van der Waals surface area contributed by atoms with Crippen LogP contribution in [0.25, 0.3) is 10.9 Å². The number of halogens is 1. The van der Waals surface area contributed by atoms with Gasteiger partial charge in [0.1, 0.15) is 23.5 Å². The number of benzene rings is 1. The van der Waals surface area contributed by atoms with E-state index >= 15 is 0 Å². The first-order valence-electron chi connectivity index (χ1n) is 13.0. The highest BCUT2D eigenvalue weighted by molar-refractivity contribution is 6.35. The molecule has 0 radical (unpaired) electrons. The van der Waals surface area contributed by atoms with E-state index in [2.05, 4.69) is 21.7 Å². The van der Waals surface area contributed by atoms with Gasteiger partial charge in [0.25, 0.3) is 5.91 Å². The van der Waals surface area contributed by atoms with Crippen LogP contribution in [-0.4, -0.2) is 59.9 Å². The molecular weight excluding hydrogens is 494 g/mol. The van der Waals surface area contributed by atoms with Gasteiger partial charge in [-0.1, -0.05) is 30.9 Å². The zero-order chi connectivity index (χ0) is 26.2. The molecule has 1 saturated carbocycles. The topological polar surface area (TPSA) is 127 Å². The molecule has 3 fully saturated rings. The summed E-state index contributed by atoms with van der Waals surface area (Å²) in [4.78, 5) is 44.2. The monoisotopic (exact) mass is 525 g/mol. The number of nitrogens with zero attached hydrogens (tertiary/aromatic N) is 2. The highest BCUT2D eigenvalue weighted by Gasteiger charge is 2.49. The molecule has 1 aromatic heterocycles. The standard InChI is InChI=1S/C27H32ClN5O4/c1-37-22-6-5-19(28)23-18(22)12-20(32-23)26(36)33-15-27(8-3-2-4-9-27)13-21(33)25(35)31-17(14-29)11-16-7-10-30-24(16)34/h5-6,12,16-17,21,32H,2-4,7-11,13,15H2,1H3,(H,30,34)(H,31,35). The van der Waals surface area contributed by atoms with Crippen molar-refractivity contribution in [3.63, 3.8) is 0 Å². The molecule has 37 heavy (non-hydrogen) atoms. The Hall–Kier alpha value is -3.25. The Balaban J connectivity index is 1.41. The second kappa shape index (κ2) is 10.3. The van der Waals surface area contributed by atoms with Crippen LogP contribution in [0.15, 0.2) is 18.2 Å². The third-order valence-electron chi connectivity index (χ3n) is 8.29. The number of ether oxygens (including phenoxy) is 1. The number of aromatic amines is 1. The first-order chi connectivity index (χ1) is 17.8. The number of H-pyrrole nitrogens is 1. The number of carbonyl (C=O) groups is 3. The molecule has 2 aromatic rings. The summed E-state index contributed by atoms with van der Waals surface area (Å²) in [5, 5.41) is 16.5. The fraction of sp³-hybridized carbons (Fsp3) is 0.556. The van der Waals surface area contributed by atoms with Gasteiger partial charge in [0.15, 0.2) is 0 Å². The Labute approximate surface area is 220 Å². The molecular formula is C27H32ClN5O4. The SMILES string of the molecule is COc1ccc(Cl)c2[nH]c(C(=O)N3CC4(CCCCC4)CC3C(=O)NC(C#N)CC3CCNC3=O)cc12. The van der Waals surface area contributed by atoms with Gasteiger partial charge in [-0.15, -0.1) is 0 Å². The van der Waals surface area contributed by atoms with E-state index in [1.807, 2.05) is 0 Å². The largest absolute Gasteiger partial charge is 0.496 e. The maximum atomic E-state index is 13.9. The normalized spacial score (nSPS) is 23.6. The van der Waals surface area contributed by atoms with Crippen molar-refractivity contribution in [3.05, 3.63) is 28.9 Å². The van der Waals surface area contributed by atoms with E-state index in [9.17, 15) is 19.6 Å². The summed E-state index contributed by atoms with van der Waals surface area (Å²) < 4.78 is 5.44. The first-order valence-corrected chi connectivity index (χ1v) is 13.4. The number of nitrogens with one attached hydrogen (secondary N) is 3. The molecule has 3 N–H and O–H groups in total. The van der Waals surface area contributed by atoms with Gasteiger partial charge >= 0.3 is 0 Å². The molecule has 3 amide bonds. The van der Waals surface area contributed by atoms with Gasteiger partial charge < -0.3 is 25.3 Å². The second-order valence-electron chi connectivity index (χ2n) is 10.6. The van der Waals surface area contributed by atoms with Crippen LogP contribution in [0.3, 0.4) is 0 Å². The number of methoxy groups -OCH3 is 1. The highest BCUT2D eigenvalue weighted by atomic mass is 35.5. The number of hydrogen-bond acceptors (Lipinski definition) is 5. The number of rotatable bonds is 6. The van der Waals surface area contributed by atoms with Crippen LogP contribution < -0.4 is 15.4 Å². The predicted octanol–water partition coefficient (Wildman–Crippen LogP) is 3.53. The van der Waals surface area contributed by atoms with Gasteiger partial charge in [-0.2, -0.15) is 5.26 Å². The fourth-order valence-electron chi connectivity index (χ4n) is 6.34. The zero-order valence-electron chi connectivity index (χ0n) is 20.9. The third kappa shape index (κ3) is 4.87. The van der Waals surface area contributed by atoms with E-state index < -0.39 is 12.1 Å². The Kier molecular flexibility index (Phi) is 7.04. The Bertz CT molecular complexity index is 1260. The smallest absolute Gasteiger partial charge is 0.271 e. The van der Waals surface area contributed by atoms with Gasteiger partial charge in [-0.05, 0) is 55.7 Å². The lowest BCUT2D eigenvalue weighted by Crippen LogP contribution is -2.49.